The molecule has 31 heteroatoms. The molecule has 0 spiro atoms. The molecule has 3 fully saturated rings. The molecule has 0 unspecified atom stereocenters. The summed E-state index contributed by atoms with van der Waals surface area (Å²) in [6, 6.07) is 22.0. The van der Waals surface area contributed by atoms with Gasteiger partial charge in [-0.2, -0.15) is 0 Å². The van der Waals surface area contributed by atoms with Crippen LogP contribution in [0.3, 0.4) is 0 Å². The Morgan fingerprint density at radius 3 is 1.07 bits per heavy atom. The van der Waals surface area contributed by atoms with Crippen molar-refractivity contribution in [2.24, 2.45) is 17.8 Å². The third kappa shape index (κ3) is 13.7. The van der Waals surface area contributed by atoms with Crippen molar-refractivity contribution in [3.05, 3.63) is 176 Å². The normalized spacial score (nSPS) is 25.0. The first-order valence-electron chi connectivity index (χ1n) is 28.5. The molecule has 6 heterocycles. The minimum atomic E-state index is -4.28. The smallest absolute Gasteiger partial charge is 1.00 e. The average Bonchev–Trinajstić information content (AvgIpc) is 0.715. The second-order valence-corrected chi connectivity index (χ2v) is 32.8. The summed E-state index contributed by atoms with van der Waals surface area (Å²) in [6.07, 6.45) is -0.242. The van der Waals surface area contributed by atoms with Gasteiger partial charge in [0.05, 0.1) is 69.5 Å². The number of aldehydes is 1. The van der Waals surface area contributed by atoms with Crippen molar-refractivity contribution >= 4 is 88.9 Å². The van der Waals surface area contributed by atoms with Crippen LogP contribution in [-0.4, -0.2) is 130 Å². The molecule has 3 radical (unpaired) electrons. The maximum absolute atomic E-state index is 15.3. The van der Waals surface area contributed by atoms with Crippen LogP contribution in [0.5, 0.6) is 17.2 Å². The van der Waals surface area contributed by atoms with Crippen molar-refractivity contribution < 1.29 is 129 Å². The Hall–Kier alpha value is -4.46. The Labute approximate surface area is 582 Å². The molecule has 94 heavy (non-hydrogen) atoms. The number of fused-ring (bicyclic) bond motifs is 9. The quantitative estimate of drug-likeness (QED) is 0.0613. The van der Waals surface area contributed by atoms with Crippen LogP contribution in [0, 0.1) is 52.7 Å². The van der Waals surface area contributed by atoms with Crippen LogP contribution in [0.25, 0.3) is 0 Å². The van der Waals surface area contributed by atoms with E-state index in [2.05, 4.69) is 0 Å². The van der Waals surface area contributed by atoms with Gasteiger partial charge < -0.3 is 39.7 Å². The van der Waals surface area contributed by atoms with E-state index < -0.39 is 136 Å². The first-order valence-corrected chi connectivity index (χ1v) is 36.2. The van der Waals surface area contributed by atoms with Crippen LogP contribution in [-0.2, 0) is 72.6 Å². The zero-order valence-electron chi connectivity index (χ0n) is 50.7. The van der Waals surface area contributed by atoms with Gasteiger partial charge in [0.2, 0.25) is 0 Å². The summed E-state index contributed by atoms with van der Waals surface area (Å²) >= 11 is 17.7. The molecule has 0 amide bonds. The Morgan fingerprint density at radius 1 is 0.489 bits per heavy atom. The topological polar surface area (TPSA) is 229 Å². The van der Waals surface area contributed by atoms with E-state index in [-0.39, 0.29) is 181 Å². The van der Waals surface area contributed by atoms with Crippen LogP contribution in [0.2, 0.25) is 15.1 Å². The van der Waals surface area contributed by atoms with Crippen molar-refractivity contribution in [2.75, 3.05) is 58.3 Å². The summed E-state index contributed by atoms with van der Waals surface area (Å²) in [5.74, 6) is -9.05. The zero-order valence-corrected chi connectivity index (χ0v) is 57.3. The fraction of sp³-hybridized carbons (Fsp3) is 0.413. The van der Waals surface area contributed by atoms with Gasteiger partial charge in [0.15, 0.2) is 64.2 Å². The van der Waals surface area contributed by atoms with Crippen LogP contribution < -0.4 is 43.8 Å². The van der Waals surface area contributed by atoms with Gasteiger partial charge in [-0.05, 0) is 148 Å². The second-order valence-electron chi connectivity index (χ2n) is 22.7. The molecular formula is C63H64BCl3F6NaO16S4. The number of aliphatic hydroxyl groups excluding tert-OH is 1. The SMILES string of the molecule is C.CS(=O)(=O)CCC[C@@H]1OCC[C@@]2(S(=O)(=O)c3ccc(Cl)cc3)c3c(F)ccc(F)c3OC[C@@H]12.O=CC[C@@H]1OCC[C@@]2(S(=O)(=O)c3ccc(Cl)cc3)c3c(F)ccc(F)c3OC[C@@H]12.O=S(=O)(c1ccc(Cl)cc1)[C@@]12CCO[C@@H](CCO)[C@@H]1COc1c(F)ccc(F)c12.[B].[H-].[Na+]. The summed E-state index contributed by atoms with van der Waals surface area (Å²) in [5.41, 5.74) is -0.997. The van der Waals surface area contributed by atoms with Gasteiger partial charge in [-0.25, -0.2) is 60.0 Å². The fourth-order valence-electron chi connectivity index (χ4n) is 13.7. The number of carbonyl (C=O) groups excluding carboxylic acids is 1. The van der Waals surface area contributed by atoms with Crippen LogP contribution in [0.4, 0.5) is 26.3 Å². The molecule has 6 aliphatic rings. The number of hydrogen-bond donors (Lipinski definition) is 1. The van der Waals surface area contributed by atoms with Crippen molar-refractivity contribution in [3.8, 4) is 17.2 Å². The Kier molecular flexibility index (Phi) is 24.8. The Bertz CT molecular complexity index is 4220. The molecule has 9 atom stereocenters. The van der Waals surface area contributed by atoms with Gasteiger partial charge >= 0.3 is 29.6 Å². The monoisotopic (exact) mass is 1460 g/mol. The van der Waals surface area contributed by atoms with E-state index in [4.69, 9.17) is 63.2 Å². The van der Waals surface area contributed by atoms with E-state index in [0.29, 0.717) is 21.4 Å². The predicted octanol–water partition coefficient (Wildman–Crippen LogP) is 8.42. The van der Waals surface area contributed by atoms with E-state index in [0.717, 1.165) is 42.7 Å². The first kappa shape index (κ1) is 76.9. The Morgan fingerprint density at radius 2 is 0.777 bits per heavy atom. The van der Waals surface area contributed by atoms with Gasteiger partial charge in [0.1, 0.15) is 47.8 Å². The van der Waals surface area contributed by atoms with Crippen LogP contribution >= 0.6 is 34.8 Å². The molecule has 6 aliphatic heterocycles. The van der Waals surface area contributed by atoms with Crippen molar-refractivity contribution in [1.82, 2.24) is 0 Å². The molecule has 6 aromatic carbocycles. The maximum Gasteiger partial charge on any atom is 1.00 e. The van der Waals surface area contributed by atoms with Gasteiger partial charge in [0, 0.05) is 86.1 Å². The van der Waals surface area contributed by atoms with E-state index in [1.165, 1.54) is 72.8 Å². The molecule has 0 aromatic heterocycles. The van der Waals surface area contributed by atoms with Crippen LogP contribution in [0.1, 0.15) is 70.5 Å². The number of aliphatic hydroxyl groups is 1. The molecule has 12 rings (SSSR count). The van der Waals surface area contributed by atoms with Gasteiger partial charge in [-0.15, -0.1) is 0 Å². The van der Waals surface area contributed by atoms with Crippen LogP contribution in [0.15, 0.2) is 124 Å². The zero-order chi connectivity index (χ0) is 65.6. The van der Waals surface area contributed by atoms with Gasteiger partial charge in [-0.1, -0.05) is 42.2 Å². The molecule has 6 aromatic rings. The van der Waals surface area contributed by atoms with E-state index >= 15 is 13.2 Å². The van der Waals surface area contributed by atoms with Crippen molar-refractivity contribution in [3.63, 3.8) is 0 Å². The standard InChI is InChI=1S/C22H23ClF2O6S2.C20H19ClF2O5S.C20H17ClF2O5S.CH4.B.Na.H/c1-32(26,27)12-2-3-19-16-13-31-21-18(25)9-8-17(24)20(21)22(16,10-11-30-19)33(28,29)15-6-4-14(23)5-7-15;2*21-12-1-3-13(4-2-12)29(25,26)20-8-10-27-17(7-9-24)14(20)11-28-19-16(23)6-5-15(22)18(19)20;;;;/h4-9,16,19H,2-3,10-13H2,1H3;1-6,14,17,24H,7-11H2;1-6,9,14,17H,7-8,10-11H2;1H4;;;/q;;;;;+1;-1/t16-,19-,22-;2*14-,17-,20-;;;;/m000..../s1. The number of ether oxygens (including phenoxy) is 6. The summed E-state index contributed by atoms with van der Waals surface area (Å²) in [6.45, 7) is -0.896. The van der Waals surface area contributed by atoms with Crippen molar-refractivity contribution in [1.29, 1.82) is 0 Å². The largest absolute Gasteiger partial charge is 1.00 e. The molecule has 3 saturated heterocycles. The number of rotatable bonds is 14. The fourth-order valence-corrected chi connectivity index (χ4v) is 21.8. The maximum atomic E-state index is 15.3. The molecule has 16 nitrogen and oxygen atoms in total. The second kappa shape index (κ2) is 30.3. The third-order valence-corrected chi connectivity index (χ3v) is 27.3. The number of sulfone groups is 4. The predicted molar refractivity (Wildman–Crippen MR) is 335 cm³/mol. The number of benzene rings is 6. The summed E-state index contributed by atoms with van der Waals surface area (Å²) in [4.78, 5) is 11.0. The number of hydrogen-bond acceptors (Lipinski definition) is 16. The molecule has 0 bridgehead atoms. The molecular weight excluding hydrogens is 1400 g/mol. The first-order chi connectivity index (χ1) is 43.1. The van der Waals surface area contributed by atoms with E-state index in [1.807, 2.05) is 0 Å². The molecule has 0 aliphatic carbocycles. The number of halogens is 9. The summed E-state index contributed by atoms with van der Waals surface area (Å²) in [7, 11) is -16.0. The molecule has 0 saturated carbocycles. The van der Waals surface area contributed by atoms with E-state index in [9.17, 15) is 56.7 Å². The van der Waals surface area contributed by atoms with Gasteiger partial charge in [0.25, 0.3) is 0 Å². The Balaban J connectivity index is 0.000000221. The molecule has 503 valence electrons. The van der Waals surface area contributed by atoms with E-state index in [1.54, 1.807) is 0 Å². The average molecular weight is 1460 g/mol. The van der Waals surface area contributed by atoms with Gasteiger partial charge in [-0.3, -0.25) is 0 Å². The summed E-state index contributed by atoms with van der Waals surface area (Å²) in [5, 5.41) is 10.4. The summed E-state index contributed by atoms with van der Waals surface area (Å²) < 4.78 is 224. The minimum absolute atomic E-state index is 0. The third-order valence-electron chi connectivity index (χ3n) is 17.8. The van der Waals surface area contributed by atoms with Crippen molar-refractivity contribution in [2.45, 2.75) is 99.6 Å². The minimum Gasteiger partial charge on any atom is -1.00 e. The number of carbonyl (C=O) groups is 1. The molecule has 1 N–H and O–H groups in total.